The molecule has 0 saturated carbocycles. The van der Waals surface area contributed by atoms with Gasteiger partial charge >= 0.3 is 0 Å². The molecule has 4 nitrogen and oxygen atoms in total. The first-order valence-electron chi connectivity index (χ1n) is 10.8. The van der Waals surface area contributed by atoms with E-state index in [2.05, 4.69) is 30.7 Å². The molecule has 1 atom stereocenters. The quantitative estimate of drug-likeness (QED) is 0.369. The summed E-state index contributed by atoms with van der Waals surface area (Å²) in [5.74, 6) is 2.35. The van der Waals surface area contributed by atoms with Gasteiger partial charge in [-0.15, -0.1) is 0 Å². The molecular formula is C24H36N2O2. The van der Waals surface area contributed by atoms with Gasteiger partial charge in [0, 0.05) is 24.6 Å². The fourth-order valence-corrected chi connectivity index (χ4v) is 2.84. The largest absolute Gasteiger partial charge is 0.494 e. The van der Waals surface area contributed by atoms with E-state index in [0.29, 0.717) is 5.92 Å². The van der Waals surface area contributed by atoms with E-state index >= 15 is 0 Å². The van der Waals surface area contributed by atoms with Gasteiger partial charge in [-0.3, -0.25) is 0 Å². The van der Waals surface area contributed by atoms with Crippen molar-refractivity contribution in [3.8, 4) is 17.1 Å². The maximum atomic E-state index is 5.82. The van der Waals surface area contributed by atoms with Crippen LogP contribution in [-0.4, -0.2) is 29.8 Å². The molecule has 1 aromatic carbocycles. The van der Waals surface area contributed by atoms with Crippen LogP contribution >= 0.6 is 0 Å². The van der Waals surface area contributed by atoms with Crippen molar-refractivity contribution < 1.29 is 9.47 Å². The molecule has 28 heavy (non-hydrogen) atoms. The SMILES string of the molecule is CCCCCCOCCc1cnc(-c2ccc(OCCC(C)CC)cc2)nc1. The Morgan fingerprint density at radius 1 is 0.893 bits per heavy atom. The summed E-state index contributed by atoms with van der Waals surface area (Å²) < 4.78 is 11.5. The molecule has 4 heteroatoms. The first-order valence-corrected chi connectivity index (χ1v) is 10.8. The number of unbranched alkanes of at least 4 members (excludes halogenated alkanes) is 3. The lowest BCUT2D eigenvalue weighted by Gasteiger charge is -2.10. The highest BCUT2D eigenvalue weighted by atomic mass is 16.5. The van der Waals surface area contributed by atoms with Crippen LogP contribution in [0, 0.1) is 5.92 Å². The molecule has 0 fully saturated rings. The number of ether oxygens (including phenoxy) is 2. The van der Waals surface area contributed by atoms with Crippen LogP contribution in [0.2, 0.25) is 0 Å². The molecule has 2 rings (SSSR count). The Hall–Kier alpha value is -1.94. The van der Waals surface area contributed by atoms with Gasteiger partial charge in [-0.1, -0.05) is 46.5 Å². The predicted octanol–water partition coefficient (Wildman–Crippen LogP) is 6.10. The van der Waals surface area contributed by atoms with Gasteiger partial charge < -0.3 is 9.47 Å². The average molecular weight is 385 g/mol. The number of hydrogen-bond donors (Lipinski definition) is 0. The molecule has 0 amide bonds. The van der Waals surface area contributed by atoms with Gasteiger partial charge in [-0.05, 0) is 55.0 Å². The van der Waals surface area contributed by atoms with Crippen molar-refractivity contribution in [1.82, 2.24) is 9.97 Å². The van der Waals surface area contributed by atoms with Gasteiger partial charge in [0.1, 0.15) is 5.75 Å². The summed E-state index contributed by atoms with van der Waals surface area (Å²) in [5, 5.41) is 0. The molecular weight excluding hydrogens is 348 g/mol. The molecule has 0 aliphatic rings. The lowest BCUT2D eigenvalue weighted by Crippen LogP contribution is -2.03. The van der Waals surface area contributed by atoms with Crippen molar-refractivity contribution in [3.05, 3.63) is 42.2 Å². The molecule has 1 heterocycles. The van der Waals surface area contributed by atoms with E-state index < -0.39 is 0 Å². The van der Waals surface area contributed by atoms with E-state index in [-0.39, 0.29) is 0 Å². The molecule has 0 aliphatic carbocycles. The van der Waals surface area contributed by atoms with E-state index in [0.717, 1.165) is 61.8 Å². The Labute approximate surface area is 170 Å². The lowest BCUT2D eigenvalue weighted by atomic mass is 10.1. The third kappa shape index (κ3) is 8.39. The number of rotatable bonds is 14. The monoisotopic (exact) mass is 384 g/mol. The standard InChI is InChI=1S/C24H36N2O2/c1-4-6-7-8-15-27-16-14-21-18-25-24(26-19-21)22-9-11-23(12-10-22)28-17-13-20(3)5-2/h9-12,18-20H,4-8,13-17H2,1-3H3. The minimum absolute atomic E-state index is 0.706. The van der Waals surface area contributed by atoms with Gasteiger partial charge in [0.15, 0.2) is 5.82 Å². The van der Waals surface area contributed by atoms with E-state index in [1.807, 2.05) is 36.7 Å². The zero-order valence-corrected chi connectivity index (χ0v) is 17.8. The molecule has 2 aromatic rings. The predicted molar refractivity (Wildman–Crippen MR) is 116 cm³/mol. The zero-order valence-electron chi connectivity index (χ0n) is 17.8. The minimum atomic E-state index is 0.706. The van der Waals surface area contributed by atoms with E-state index in [9.17, 15) is 0 Å². The summed E-state index contributed by atoms with van der Waals surface area (Å²) in [5.41, 5.74) is 2.12. The second-order valence-electron chi connectivity index (χ2n) is 7.51. The topological polar surface area (TPSA) is 44.2 Å². The van der Waals surface area contributed by atoms with Gasteiger partial charge in [0.25, 0.3) is 0 Å². The Morgan fingerprint density at radius 3 is 2.32 bits per heavy atom. The van der Waals surface area contributed by atoms with E-state index in [4.69, 9.17) is 9.47 Å². The lowest BCUT2D eigenvalue weighted by molar-refractivity contribution is 0.133. The molecule has 154 valence electrons. The zero-order chi connectivity index (χ0) is 20.0. The molecule has 0 aliphatic heterocycles. The molecule has 0 bridgehead atoms. The summed E-state index contributed by atoms with van der Waals surface area (Å²) >= 11 is 0. The maximum Gasteiger partial charge on any atom is 0.159 e. The van der Waals surface area contributed by atoms with Crippen LogP contribution in [0.3, 0.4) is 0 Å². The fraction of sp³-hybridized carbons (Fsp3) is 0.583. The summed E-state index contributed by atoms with van der Waals surface area (Å²) in [6.07, 6.45) is 11.9. The molecule has 0 spiro atoms. The second-order valence-corrected chi connectivity index (χ2v) is 7.51. The highest BCUT2D eigenvalue weighted by molar-refractivity contribution is 5.55. The highest BCUT2D eigenvalue weighted by Gasteiger charge is 2.04. The van der Waals surface area contributed by atoms with Gasteiger partial charge in [0.2, 0.25) is 0 Å². The third-order valence-corrected chi connectivity index (χ3v) is 5.07. The Kier molecular flexibility index (Phi) is 10.6. The smallest absolute Gasteiger partial charge is 0.159 e. The van der Waals surface area contributed by atoms with Gasteiger partial charge in [0.05, 0.1) is 13.2 Å². The molecule has 0 saturated heterocycles. The summed E-state index contributed by atoms with van der Waals surface area (Å²) in [6, 6.07) is 8.03. The van der Waals surface area contributed by atoms with Crippen molar-refractivity contribution in [2.45, 2.75) is 65.7 Å². The van der Waals surface area contributed by atoms with E-state index in [1.165, 1.54) is 25.7 Å². The maximum absolute atomic E-state index is 5.82. The number of aromatic nitrogens is 2. The highest BCUT2D eigenvalue weighted by Crippen LogP contribution is 2.20. The Balaban J connectivity index is 1.73. The van der Waals surface area contributed by atoms with Crippen LogP contribution in [-0.2, 0) is 11.2 Å². The molecule has 1 unspecified atom stereocenters. The van der Waals surface area contributed by atoms with Crippen LogP contribution in [0.25, 0.3) is 11.4 Å². The first-order chi connectivity index (χ1) is 13.7. The summed E-state index contributed by atoms with van der Waals surface area (Å²) in [7, 11) is 0. The minimum Gasteiger partial charge on any atom is -0.494 e. The average Bonchev–Trinajstić information content (AvgIpc) is 2.74. The summed E-state index contributed by atoms with van der Waals surface area (Å²) in [4.78, 5) is 9.01. The third-order valence-electron chi connectivity index (χ3n) is 5.07. The van der Waals surface area contributed by atoms with Crippen LogP contribution in [0.5, 0.6) is 5.75 Å². The molecule has 1 aromatic heterocycles. The van der Waals surface area contributed by atoms with Crippen LogP contribution in [0.15, 0.2) is 36.7 Å². The first kappa shape index (κ1) is 22.4. The van der Waals surface area contributed by atoms with E-state index in [1.54, 1.807) is 0 Å². The Bertz CT molecular complexity index is 641. The molecule has 0 radical (unpaired) electrons. The van der Waals surface area contributed by atoms with Crippen molar-refractivity contribution in [3.63, 3.8) is 0 Å². The second kappa shape index (κ2) is 13.3. The van der Waals surface area contributed by atoms with Crippen LogP contribution in [0.1, 0.15) is 64.9 Å². The number of benzene rings is 1. The normalized spacial score (nSPS) is 12.1. The Morgan fingerprint density at radius 2 is 1.64 bits per heavy atom. The van der Waals surface area contributed by atoms with Crippen molar-refractivity contribution in [2.24, 2.45) is 5.92 Å². The summed E-state index contributed by atoms with van der Waals surface area (Å²) in [6.45, 7) is 9.05. The van der Waals surface area contributed by atoms with Crippen LogP contribution in [0.4, 0.5) is 0 Å². The van der Waals surface area contributed by atoms with Crippen molar-refractivity contribution in [2.75, 3.05) is 19.8 Å². The van der Waals surface area contributed by atoms with Crippen molar-refractivity contribution >= 4 is 0 Å². The number of nitrogens with zero attached hydrogens (tertiary/aromatic N) is 2. The van der Waals surface area contributed by atoms with Crippen molar-refractivity contribution in [1.29, 1.82) is 0 Å². The van der Waals surface area contributed by atoms with Gasteiger partial charge in [-0.25, -0.2) is 9.97 Å². The number of hydrogen-bond acceptors (Lipinski definition) is 4. The fourth-order valence-electron chi connectivity index (χ4n) is 2.84. The van der Waals surface area contributed by atoms with Crippen LogP contribution < -0.4 is 4.74 Å². The molecule has 0 N–H and O–H groups in total. The van der Waals surface area contributed by atoms with Gasteiger partial charge in [-0.2, -0.15) is 0 Å².